The van der Waals surface area contributed by atoms with E-state index in [0.29, 0.717) is 11.1 Å². The zero-order chi connectivity index (χ0) is 30.0. The molecule has 3 aromatic rings. The first kappa shape index (κ1) is 28.9. The Morgan fingerprint density at radius 2 is 1.57 bits per heavy atom. The Kier molecular flexibility index (Phi) is 8.31. The number of ether oxygens (including phenoxy) is 4. The molecule has 2 aliphatic rings. The van der Waals surface area contributed by atoms with Gasteiger partial charge in [0.25, 0.3) is 0 Å². The van der Waals surface area contributed by atoms with E-state index in [4.69, 9.17) is 18.9 Å². The van der Waals surface area contributed by atoms with Crippen LogP contribution < -0.4 is 9.47 Å². The summed E-state index contributed by atoms with van der Waals surface area (Å²) in [6.07, 6.45) is -6.12. The van der Waals surface area contributed by atoms with E-state index in [1.165, 1.54) is 36.4 Å². The van der Waals surface area contributed by atoms with Gasteiger partial charge in [0.05, 0.1) is 6.42 Å². The number of Topliss-reactive ketones (excluding diaryl/α,β-unsaturated/α-hetero) is 1. The topological polar surface area (TPSA) is 192 Å². The van der Waals surface area contributed by atoms with E-state index in [9.17, 15) is 40.2 Å². The van der Waals surface area contributed by atoms with Gasteiger partial charge < -0.3 is 49.6 Å². The molecule has 0 amide bonds. The number of esters is 1. The quantitative estimate of drug-likeness (QED) is 0.176. The van der Waals surface area contributed by atoms with Crippen LogP contribution in [0.25, 0.3) is 6.08 Å². The number of phenols is 3. The summed E-state index contributed by atoms with van der Waals surface area (Å²) in [7, 11) is 0. The lowest BCUT2D eigenvalue weighted by Gasteiger charge is -2.40. The van der Waals surface area contributed by atoms with Gasteiger partial charge in [0.15, 0.2) is 5.78 Å². The van der Waals surface area contributed by atoms with Crippen molar-refractivity contribution in [3.63, 3.8) is 0 Å². The van der Waals surface area contributed by atoms with E-state index in [1.807, 2.05) is 0 Å². The first-order valence-corrected chi connectivity index (χ1v) is 12.9. The Bertz CT molecular complexity index is 1470. The standard InChI is InChI=1S/C30H28O12/c31-17-6-1-15(2-7-17)3-10-25(35)39-14-24-27(36)28(37)29(38)30(42-24)40-19-11-20(33)26-21(34)13-22(41-23(26)12-19)16-4-8-18(32)9-5-16/h1-12,22,24,27-33,36-38H,13-14H2/b10-3+. The number of benzene rings is 3. The highest BCUT2D eigenvalue weighted by Gasteiger charge is 2.45. The fourth-order valence-corrected chi connectivity index (χ4v) is 4.61. The lowest BCUT2D eigenvalue weighted by atomic mass is 9.95. The average molecular weight is 581 g/mol. The summed E-state index contributed by atoms with van der Waals surface area (Å²) in [6.45, 7) is -0.495. The van der Waals surface area contributed by atoms with Crippen LogP contribution in [0, 0.1) is 0 Å². The highest BCUT2D eigenvalue weighted by atomic mass is 16.7. The number of carbonyl (C=O) groups is 2. The molecule has 2 heterocycles. The van der Waals surface area contributed by atoms with Gasteiger partial charge in [-0.3, -0.25) is 4.79 Å². The lowest BCUT2D eigenvalue weighted by Crippen LogP contribution is -2.60. The molecular formula is C30H28O12. The van der Waals surface area contributed by atoms with Crippen LogP contribution in [0.5, 0.6) is 28.7 Å². The number of aliphatic hydroxyl groups excluding tert-OH is 3. The minimum absolute atomic E-state index is 0.0103. The zero-order valence-electron chi connectivity index (χ0n) is 21.9. The molecule has 0 spiro atoms. The Balaban J connectivity index is 1.26. The van der Waals surface area contributed by atoms with Crippen molar-refractivity contribution in [3.8, 4) is 28.7 Å². The van der Waals surface area contributed by atoms with E-state index in [0.717, 1.165) is 12.1 Å². The van der Waals surface area contributed by atoms with Gasteiger partial charge in [0.2, 0.25) is 6.29 Å². The van der Waals surface area contributed by atoms with Crippen LogP contribution >= 0.6 is 0 Å². The van der Waals surface area contributed by atoms with Crippen molar-refractivity contribution in [2.45, 2.75) is 43.2 Å². The van der Waals surface area contributed by atoms with Crippen LogP contribution in [-0.2, 0) is 14.3 Å². The number of hydrogen-bond acceptors (Lipinski definition) is 12. The van der Waals surface area contributed by atoms with Crippen molar-refractivity contribution in [2.75, 3.05) is 6.61 Å². The highest BCUT2D eigenvalue weighted by Crippen LogP contribution is 2.42. The third-order valence-corrected chi connectivity index (χ3v) is 6.85. The molecule has 0 aliphatic carbocycles. The van der Waals surface area contributed by atoms with Gasteiger partial charge in [-0.2, -0.15) is 0 Å². The molecular weight excluding hydrogens is 552 g/mol. The number of fused-ring (bicyclic) bond motifs is 1. The Morgan fingerprint density at radius 3 is 2.26 bits per heavy atom. The molecule has 6 N–H and O–H groups in total. The molecule has 12 heteroatoms. The summed E-state index contributed by atoms with van der Waals surface area (Å²) >= 11 is 0. The first-order chi connectivity index (χ1) is 20.1. The van der Waals surface area contributed by atoms with Crippen LogP contribution in [-0.4, -0.2) is 79.7 Å². The van der Waals surface area contributed by atoms with Crippen molar-refractivity contribution in [1.29, 1.82) is 0 Å². The second-order valence-corrected chi connectivity index (χ2v) is 9.83. The Hall–Kier alpha value is -4.62. The summed E-state index contributed by atoms with van der Waals surface area (Å²) in [5.41, 5.74) is 1.19. The maximum Gasteiger partial charge on any atom is 0.330 e. The van der Waals surface area contributed by atoms with Crippen molar-refractivity contribution < 1.29 is 59.2 Å². The fraction of sp³-hybridized carbons (Fsp3) is 0.267. The maximum absolute atomic E-state index is 12.8. The molecule has 220 valence electrons. The van der Waals surface area contributed by atoms with Crippen molar-refractivity contribution in [3.05, 3.63) is 83.4 Å². The SMILES string of the molecule is O=C(/C=C/c1ccc(O)cc1)OCC1OC(Oc2cc(O)c3c(c2)OC(c2ccc(O)cc2)CC3=O)C(O)C(O)C1O. The van der Waals surface area contributed by atoms with E-state index in [-0.39, 0.29) is 40.8 Å². The maximum atomic E-state index is 12.8. The monoisotopic (exact) mass is 580 g/mol. The zero-order valence-corrected chi connectivity index (χ0v) is 21.9. The molecule has 1 fully saturated rings. The largest absolute Gasteiger partial charge is 0.508 e. The summed E-state index contributed by atoms with van der Waals surface area (Å²) in [5.74, 6) is -1.55. The molecule has 6 unspecified atom stereocenters. The van der Waals surface area contributed by atoms with E-state index >= 15 is 0 Å². The average Bonchev–Trinajstić information content (AvgIpc) is 2.96. The predicted molar refractivity (Wildman–Crippen MR) is 144 cm³/mol. The van der Waals surface area contributed by atoms with Crippen molar-refractivity contribution >= 4 is 17.8 Å². The molecule has 2 aliphatic heterocycles. The van der Waals surface area contributed by atoms with Gasteiger partial charge in [0.1, 0.15) is 71.4 Å². The number of phenolic OH excluding ortho intramolecular Hbond substituents is 3. The van der Waals surface area contributed by atoms with E-state index in [2.05, 4.69) is 0 Å². The molecule has 0 radical (unpaired) electrons. The minimum atomic E-state index is -1.73. The molecule has 5 rings (SSSR count). The fourth-order valence-electron chi connectivity index (χ4n) is 4.61. The third-order valence-electron chi connectivity index (χ3n) is 6.85. The number of rotatable bonds is 7. The molecule has 1 saturated heterocycles. The van der Waals surface area contributed by atoms with Gasteiger partial charge in [-0.05, 0) is 41.5 Å². The van der Waals surface area contributed by atoms with E-state index < -0.39 is 55.1 Å². The summed E-state index contributed by atoms with van der Waals surface area (Å²) in [6, 6.07) is 14.6. The first-order valence-electron chi connectivity index (χ1n) is 12.9. The summed E-state index contributed by atoms with van der Waals surface area (Å²) in [5, 5.41) is 60.7. The van der Waals surface area contributed by atoms with Crippen LogP contribution in [0.15, 0.2) is 66.7 Å². The summed E-state index contributed by atoms with van der Waals surface area (Å²) < 4.78 is 22.3. The Labute approximate surface area is 239 Å². The predicted octanol–water partition coefficient (Wildman–Crippen LogP) is 1.95. The summed E-state index contributed by atoms with van der Waals surface area (Å²) in [4.78, 5) is 25.0. The minimum Gasteiger partial charge on any atom is -0.508 e. The second-order valence-electron chi connectivity index (χ2n) is 9.83. The molecule has 42 heavy (non-hydrogen) atoms. The third kappa shape index (κ3) is 6.31. The van der Waals surface area contributed by atoms with Crippen LogP contribution in [0.4, 0.5) is 0 Å². The number of aliphatic hydroxyl groups is 3. The van der Waals surface area contributed by atoms with Crippen molar-refractivity contribution in [1.82, 2.24) is 0 Å². The number of aromatic hydroxyl groups is 3. The molecule has 0 saturated carbocycles. The molecule has 0 aromatic heterocycles. The number of hydrogen-bond donors (Lipinski definition) is 6. The van der Waals surface area contributed by atoms with Gasteiger partial charge >= 0.3 is 5.97 Å². The normalized spacial score (nSPS) is 25.5. The van der Waals surface area contributed by atoms with Gasteiger partial charge in [0, 0.05) is 18.2 Å². The molecule has 3 aromatic carbocycles. The number of ketones is 1. The molecule has 0 bridgehead atoms. The Morgan fingerprint density at radius 1 is 0.905 bits per heavy atom. The van der Waals surface area contributed by atoms with Crippen LogP contribution in [0.1, 0.15) is 34.0 Å². The van der Waals surface area contributed by atoms with Gasteiger partial charge in [-0.1, -0.05) is 24.3 Å². The van der Waals surface area contributed by atoms with Gasteiger partial charge in [-0.25, -0.2) is 4.79 Å². The second kappa shape index (κ2) is 12.1. The van der Waals surface area contributed by atoms with Crippen LogP contribution in [0.2, 0.25) is 0 Å². The molecule has 12 nitrogen and oxygen atoms in total. The van der Waals surface area contributed by atoms with Crippen LogP contribution in [0.3, 0.4) is 0 Å². The lowest BCUT2D eigenvalue weighted by molar-refractivity contribution is -0.278. The molecule has 6 atom stereocenters. The highest BCUT2D eigenvalue weighted by molar-refractivity contribution is 6.02. The van der Waals surface area contributed by atoms with Crippen molar-refractivity contribution in [2.24, 2.45) is 0 Å². The van der Waals surface area contributed by atoms with Gasteiger partial charge in [-0.15, -0.1) is 0 Å². The van der Waals surface area contributed by atoms with E-state index in [1.54, 1.807) is 24.3 Å². The number of carbonyl (C=O) groups excluding carboxylic acids is 2. The smallest absolute Gasteiger partial charge is 0.330 e.